The fourth-order valence-electron chi connectivity index (χ4n) is 2.84. The molecule has 4 heteroatoms. The highest BCUT2D eigenvalue weighted by molar-refractivity contribution is 5.93. The van der Waals surface area contributed by atoms with E-state index >= 15 is 0 Å². The lowest BCUT2D eigenvalue weighted by Crippen LogP contribution is -2.34. The molecule has 0 bridgehead atoms. The second-order valence-corrected chi connectivity index (χ2v) is 6.16. The van der Waals surface area contributed by atoms with Crippen molar-refractivity contribution in [2.75, 3.05) is 18.6 Å². The third-order valence-electron chi connectivity index (χ3n) is 4.33. The van der Waals surface area contributed by atoms with Crippen molar-refractivity contribution < 1.29 is 14.6 Å². The number of aliphatic hydroxyl groups is 1. The van der Waals surface area contributed by atoms with E-state index in [-0.39, 0.29) is 12.3 Å². The minimum Gasteiger partial charge on any atom is -0.493 e. The van der Waals surface area contributed by atoms with E-state index in [9.17, 15) is 9.90 Å². The molecule has 0 radical (unpaired) electrons. The predicted molar refractivity (Wildman–Crippen MR) is 89.7 cm³/mol. The summed E-state index contributed by atoms with van der Waals surface area (Å²) in [4.78, 5) is 14.2. The third-order valence-corrected chi connectivity index (χ3v) is 4.33. The van der Waals surface area contributed by atoms with Crippen LogP contribution in [0.3, 0.4) is 0 Å². The standard InChI is InChI=1S/C19H21NO3/c1-19(22,15-6-4-3-5-7-15)13-18(21)20(2)16-8-9-17-14(12-16)10-11-23-17/h3-9,12,22H,10-11,13H2,1-2H3. The van der Waals surface area contributed by atoms with E-state index < -0.39 is 5.60 Å². The van der Waals surface area contributed by atoms with E-state index in [1.54, 1.807) is 18.9 Å². The molecule has 2 aromatic carbocycles. The molecule has 1 aliphatic heterocycles. The van der Waals surface area contributed by atoms with Crippen molar-refractivity contribution in [2.45, 2.75) is 25.4 Å². The van der Waals surface area contributed by atoms with Crippen molar-refractivity contribution in [3.8, 4) is 5.75 Å². The SMILES string of the molecule is CN(C(=O)CC(C)(O)c1ccccc1)c1ccc2c(c1)CCO2. The van der Waals surface area contributed by atoms with Gasteiger partial charge in [0.2, 0.25) is 5.91 Å². The maximum atomic E-state index is 12.6. The molecule has 0 aliphatic carbocycles. The summed E-state index contributed by atoms with van der Waals surface area (Å²) in [7, 11) is 1.74. The number of ether oxygens (including phenoxy) is 1. The number of carbonyl (C=O) groups is 1. The van der Waals surface area contributed by atoms with E-state index in [1.165, 1.54) is 0 Å². The first-order valence-corrected chi connectivity index (χ1v) is 7.77. The van der Waals surface area contributed by atoms with Crippen LogP contribution in [0.5, 0.6) is 5.75 Å². The Kier molecular flexibility index (Phi) is 4.09. The van der Waals surface area contributed by atoms with Crippen LogP contribution in [0, 0.1) is 0 Å². The Labute approximate surface area is 136 Å². The number of hydrogen-bond acceptors (Lipinski definition) is 3. The summed E-state index contributed by atoms with van der Waals surface area (Å²) in [6.07, 6.45) is 0.897. The lowest BCUT2D eigenvalue weighted by atomic mass is 9.92. The van der Waals surface area contributed by atoms with Crippen molar-refractivity contribution in [1.82, 2.24) is 0 Å². The molecule has 0 aromatic heterocycles. The number of amides is 1. The molecule has 1 atom stereocenters. The van der Waals surface area contributed by atoms with Crippen LogP contribution in [0.2, 0.25) is 0 Å². The van der Waals surface area contributed by atoms with Crippen LogP contribution in [0.15, 0.2) is 48.5 Å². The van der Waals surface area contributed by atoms with Gasteiger partial charge < -0.3 is 14.7 Å². The number of nitrogens with zero attached hydrogens (tertiary/aromatic N) is 1. The zero-order chi connectivity index (χ0) is 16.4. The molecular weight excluding hydrogens is 290 g/mol. The Bertz CT molecular complexity index is 710. The average molecular weight is 311 g/mol. The zero-order valence-corrected chi connectivity index (χ0v) is 13.5. The summed E-state index contributed by atoms with van der Waals surface area (Å²) >= 11 is 0. The topological polar surface area (TPSA) is 49.8 Å². The molecule has 2 aromatic rings. The maximum absolute atomic E-state index is 12.6. The molecule has 0 saturated carbocycles. The van der Waals surface area contributed by atoms with Crippen LogP contribution in [0.1, 0.15) is 24.5 Å². The van der Waals surface area contributed by atoms with Gasteiger partial charge in [-0.25, -0.2) is 0 Å². The fourth-order valence-corrected chi connectivity index (χ4v) is 2.84. The molecule has 1 N–H and O–H groups in total. The minimum atomic E-state index is -1.19. The monoisotopic (exact) mass is 311 g/mol. The summed E-state index contributed by atoms with van der Waals surface area (Å²) < 4.78 is 5.49. The van der Waals surface area contributed by atoms with E-state index in [0.717, 1.165) is 29.0 Å². The third kappa shape index (κ3) is 3.22. The zero-order valence-electron chi connectivity index (χ0n) is 13.5. The Morgan fingerprint density at radius 1 is 1.26 bits per heavy atom. The summed E-state index contributed by atoms with van der Waals surface area (Å²) in [5.41, 5.74) is 1.50. The smallest absolute Gasteiger partial charge is 0.229 e. The Balaban J connectivity index is 1.75. The number of hydrogen-bond donors (Lipinski definition) is 1. The number of benzene rings is 2. The van der Waals surface area contributed by atoms with Gasteiger partial charge >= 0.3 is 0 Å². The molecule has 1 aliphatic rings. The Morgan fingerprint density at radius 3 is 2.74 bits per heavy atom. The normalized spacial score (nSPS) is 15.4. The molecule has 23 heavy (non-hydrogen) atoms. The molecule has 3 rings (SSSR count). The largest absolute Gasteiger partial charge is 0.493 e. The molecule has 0 saturated heterocycles. The molecule has 1 amide bonds. The van der Waals surface area contributed by atoms with E-state index in [1.807, 2.05) is 48.5 Å². The van der Waals surface area contributed by atoms with Crippen molar-refractivity contribution in [2.24, 2.45) is 0 Å². The van der Waals surface area contributed by atoms with Crippen LogP contribution in [-0.4, -0.2) is 24.7 Å². The van der Waals surface area contributed by atoms with E-state index in [0.29, 0.717) is 6.61 Å². The molecule has 4 nitrogen and oxygen atoms in total. The molecular formula is C19H21NO3. The van der Waals surface area contributed by atoms with Gasteiger partial charge in [-0.3, -0.25) is 4.79 Å². The average Bonchev–Trinajstić information content (AvgIpc) is 3.02. The van der Waals surface area contributed by atoms with Crippen LogP contribution in [0.4, 0.5) is 5.69 Å². The van der Waals surface area contributed by atoms with Gasteiger partial charge in [-0.05, 0) is 36.2 Å². The molecule has 0 spiro atoms. The van der Waals surface area contributed by atoms with Gasteiger partial charge in [-0.2, -0.15) is 0 Å². The fraction of sp³-hybridized carbons (Fsp3) is 0.316. The van der Waals surface area contributed by atoms with E-state index in [4.69, 9.17) is 4.74 Å². The highest BCUT2D eigenvalue weighted by atomic mass is 16.5. The quantitative estimate of drug-likeness (QED) is 0.944. The van der Waals surface area contributed by atoms with E-state index in [2.05, 4.69) is 0 Å². The van der Waals surface area contributed by atoms with Gasteiger partial charge in [0.05, 0.1) is 18.6 Å². The van der Waals surface area contributed by atoms with Crippen molar-refractivity contribution >= 4 is 11.6 Å². The van der Waals surface area contributed by atoms with Gasteiger partial charge in [0, 0.05) is 19.2 Å². The first-order valence-electron chi connectivity index (χ1n) is 7.77. The molecule has 0 fully saturated rings. The van der Waals surface area contributed by atoms with Crippen LogP contribution < -0.4 is 9.64 Å². The van der Waals surface area contributed by atoms with Crippen LogP contribution in [-0.2, 0) is 16.8 Å². The summed E-state index contributed by atoms with van der Waals surface area (Å²) in [6.45, 7) is 2.36. The first kappa shape index (κ1) is 15.6. The Morgan fingerprint density at radius 2 is 2.00 bits per heavy atom. The maximum Gasteiger partial charge on any atom is 0.229 e. The van der Waals surface area contributed by atoms with Crippen LogP contribution >= 0.6 is 0 Å². The van der Waals surface area contributed by atoms with Gasteiger partial charge in [-0.1, -0.05) is 30.3 Å². The van der Waals surface area contributed by atoms with Crippen molar-refractivity contribution in [3.05, 3.63) is 59.7 Å². The second-order valence-electron chi connectivity index (χ2n) is 6.16. The number of carbonyl (C=O) groups excluding carboxylic acids is 1. The number of fused-ring (bicyclic) bond motifs is 1. The minimum absolute atomic E-state index is 0.0289. The van der Waals surface area contributed by atoms with Crippen molar-refractivity contribution in [3.63, 3.8) is 0 Å². The first-order chi connectivity index (χ1) is 11.0. The second kappa shape index (κ2) is 6.05. The van der Waals surface area contributed by atoms with Gasteiger partial charge in [0.1, 0.15) is 5.75 Å². The molecule has 120 valence electrons. The summed E-state index contributed by atoms with van der Waals surface area (Å²) in [5, 5.41) is 10.6. The number of anilines is 1. The predicted octanol–water partition coefficient (Wildman–Crippen LogP) is 2.88. The van der Waals surface area contributed by atoms with Crippen LogP contribution in [0.25, 0.3) is 0 Å². The Hall–Kier alpha value is -2.33. The number of rotatable bonds is 4. The molecule has 1 unspecified atom stereocenters. The van der Waals surface area contributed by atoms with Gasteiger partial charge in [0.15, 0.2) is 0 Å². The van der Waals surface area contributed by atoms with Crippen molar-refractivity contribution in [1.29, 1.82) is 0 Å². The van der Waals surface area contributed by atoms with Gasteiger partial charge in [-0.15, -0.1) is 0 Å². The molecule has 1 heterocycles. The lowest BCUT2D eigenvalue weighted by Gasteiger charge is -2.26. The summed E-state index contributed by atoms with van der Waals surface area (Å²) in [5.74, 6) is 0.767. The van der Waals surface area contributed by atoms with Gasteiger partial charge in [0.25, 0.3) is 0 Å². The lowest BCUT2D eigenvalue weighted by molar-refractivity contribution is -0.123. The highest BCUT2D eigenvalue weighted by Gasteiger charge is 2.28. The highest BCUT2D eigenvalue weighted by Crippen LogP contribution is 2.31. The summed E-state index contributed by atoms with van der Waals surface area (Å²) in [6, 6.07) is 15.0.